The van der Waals surface area contributed by atoms with E-state index in [4.69, 9.17) is 21.1 Å². The fourth-order valence-corrected chi connectivity index (χ4v) is 5.78. The molecule has 0 spiro atoms. The Morgan fingerprint density at radius 2 is 1.76 bits per heavy atom. The summed E-state index contributed by atoms with van der Waals surface area (Å²) in [5.74, 6) is 0.212. The number of anilines is 2. The second kappa shape index (κ2) is 12.0. The summed E-state index contributed by atoms with van der Waals surface area (Å²) >= 11 is 6.55. The molecule has 10 nitrogen and oxygen atoms in total. The number of aromatic nitrogens is 2. The van der Waals surface area contributed by atoms with Crippen LogP contribution in [-0.2, 0) is 14.8 Å². The Bertz CT molecular complexity index is 1390. The van der Waals surface area contributed by atoms with Crippen molar-refractivity contribution < 1.29 is 22.7 Å². The Morgan fingerprint density at radius 3 is 2.32 bits per heavy atom. The predicted octanol–water partition coefficient (Wildman–Crippen LogP) is 4.26. The van der Waals surface area contributed by atoms with Crippen molar-refractivity contribution in [2.24, 2.45) is 0 Å². The van der Waals surface area contributed by atoms with Crippen LogP contribution in [0.5, 0.6) is 11.5 Å². The summed E-state index contributed by atoms with van der Waals surface area (Å²) in [5, 5.41) is 7.35. The van der Waals surface area contributed by atoms with E-state index in [-0.39, 0.29) is 27.4 Å². The van der Waals surface area contributed by atoms with E-state index in [1.54, 1.807) is 23.1 Å². The van der Waals surface area contributed by atoms with Gasteiger partial charge >= 0.3 is 0 Å². The van der Waals surface area contributed by atoms with Crippen LogP contribution in [0, 0.1) is 6.92 Å². The van der Waals surface area contributed by atoms with Gasteiger partial charge in [-0.3, -0.25) is 14.2 Å². The number of amides is 1. The van der Waals surface area contributed by atoms with Gasteiger partial charge < -0.3 is 19.3 Å². The van der Waals surface area contributed by atoms with Crippen molar-refractivity contribution >= 4 is 38.9 Å². The van der Waals surface area contributed by atoms with Gasteiger partial charge in [-0.15, -0.1) is 0 Å². The van der Waals surface area contributed by atoms with Gasteiger partial charge in [0, 0.05) is 38.1 Å². The summed E-state index contributed by atoms with van der Waals surface area (Å²) in [6, 6.07) is 10.8. The van der Waals surface area contributed by atoms with Crippen LogP contribution in [0.15, 0.2) is 47.4 Å². The van der Waals surface area contributed by atoms with Gasteiger partial charge in [0.15, 0.2) is 11.5 Å². The Hall–Kier alpha value is -3.44. The third kappa shape index (κ3) is 5.99. The fourth-order valence-electron chi connectivity index (χ4n) is 4.07. The summed E-state index contributed by atoms with van der Waals surface area (Å²) in [5.41, 5.74) is 2.44. The third-order valence-electron chi connectivity index (χ3n) is 6.22. The van der Waals surface area contributed by atoms with Crippen LogP contribution in [-0.4, -0.2) is 70.8 Å². The molecule has 0 bridgehead atoms. The number of carbonyl (C=O) groups is 1. The molecule has 1 atom stereocenters. The fraction of sp³-hybridized carbons (Fsp3) is 0.385. The van der Waals surface area contributed by atoms with Gasteiger partial charge in [0.2, 0.25) is 5.91 Å². The molecule has 0 aliphatic heterocycles. The molecule has 0 saturated heterocycles. The van der Waals surface area contributed by atoms with Crippen molar-refractivity contribution in [3.63, 3.8) is 0 Å². The quantitative estimate of drug-likeness (QED) is 0.371. The number of aryl methyl sites for hydroxylation is 1. The molecule has 1 amide bonds. The van der Waals surface area contributed by atoms with Gasteiger partial charge in [-0.1, -0.05) is 11.6 Å². The smallest absolute Gasteiger partial charge is 0.264 e. The molecule has 3 aromatic rings. The molecular formula is C26H34ClN5O5S. The minimum atomic E-state index is -4.27. The zero-order chi connectivity index (χ0) is 28.2. The molecule has 0 aliphatic rings. The summed E-state index contributed by atoms with van der Waals surface area (Å²) in [7, 11) is 2.27. The van der Waals surface area contributed by atoms with E-state index in [2.05, 4.69) is 10.2 Å². The van der Waals surface area contributed by atoms with Crippen molar-refractivity contribution in [2.75, 3.05) is 50.6 Å². The molecule has 38 heavy (non-hydrogen) atoms. The number of sulfonamides is 1. The van der Waals surface area contributed by atoms with Gasteiger partial charge in [-0.2, -0.15) is 5.10 Å². The highest BCUT2D eigenvalue weighted by Gasteiger charge is 2.33. The molecule has 12 heteroatoms. The number of nitrogens with zero attached hydrogens (tertiary/aromatic N) is 4. The van der Waals surface area contributed by atoms with E-state index in [0.29, 0.717) is 18.0 Å². The average Bonchev–Trinajstić information content (AvgIpc) is 3.33. The molecular weight excluding hydrogens is 530 g/mol. The topological polar surface area (TPSA) is 108 Å². The maximum Gasteiger partial charge on any atom is 0.264 e. The number of ether oxygens (including phenoxy) is 2. The molecule has 1 N–H and O–H groups in total. The number of halogens is 1. The number of H-pyrrole nitrogens is 1. The minimum Gasteiger partial charge on any atom is -0.493 e. The molecule has 0 aliphatic carbocycles. The first-order valence-electron chi connectivity index (χ1n) is 12.0. The van der Waals surface area contributed by atoms with Crippen molar-refractivity contribution in [1.29, 1.82) is 0 Å². The number of hydrogen-bond donors (Lipinski definition) is 1. The van der Waals surface area contributed by atoms with Gasteiger partial charge in [-0.25, -0.2) is 8.42 Å². The number of methoxy groups -OCH3 is 2. The maximum atomic E-state index is 14.1. The first-order chi connectivity index (χ1) is 17.9. The largest absolute Gasteiger partial charge is 0.493 e. The van der Waals surface area contributed by atoms with Crippen LogP contribution in [0.2, 0.25) is 5.02 Å². The Morgan fingerprint density at radius 1 is 1.08 bits per heavy atom. The summed E-state index contributed by atoms with van der Waals surface area (Å²) in [6.45, 7) is 5.43. The van der Waals surface area contributed by atoms with E-state index in [1.165, 1.54) is 32.4 Å². The van der Waals surface area contributed by atoms with Gasteiger partial charge in [0.05, 0.1) is 41.6 Å². The minimum absolute atomic E-state index is 0.0757. The van der Waals surface area contributed by atoms with E-state index in [9.17, 15) is 13.2 Å². The highest BCUT2D eigenvalue weighted by molar-refractivity contribution is 7.92. The molecule has 1 heterocycles. The molecule has 1 unspecified atom stereocenters. The van der Waals surface area contributed by atoms with Crippen LogP contribution < -0.4 is 18.7 Å². The Balaban J connectivity index is 2.12. The van der Waals surface area contributed by atoms with Crippen molar-refractivity contribution in [2.45, 2.75) is 31.7 Å². The molecule has 2 aromatic carbocycles. The van der Waals surface area contributed by atoms with E-state index >= 15 is 0 Å². The Labute approximate surface area is 229 Å². The van der Waals surface area contributed by atoms with Gasteiger partial charge in [0.1, 0.15) is 6.54 Å². The SMILES string of the molecule is CCN(C(=O)CN(c1cc(N(C)C)ccc1Cl)S(=O)(=O)c1ccc(OC)c(OC)c1)C(C)c1cc(C)[nH]n1. The average molecular weight is 564 g/mol. The molecule has 0 fully saturated rings. The Kier molecular flexibility index (Phi) is 9.16. The van der Waals surface area contributed by atoms with Crippen LogP contribution in [0.1, 0.15) is 31.3 Å². The standard InChI is InChI=1S/C26H34ClN5O5S/c1-8-31(18(3)22-13-17(2)28-29-22)26(33)16-32(23-14-19(30(4)5)9-11-21(23)27)38(34,35)20-10-12-24(36-6)25(15-20)37-7/h9-15,18H,8,16H2,1-7H3,(H,28,29). The normalized spacial score (nSPS) is 12.1. The summed E-state index contributed by atoms with van der Waals surface area (Å²) in [4.78, 5) is 17.0. The van der Waals surface area contributed by atoms with Crippen LogP contribution >= 0.6 is 11.6 Å². The van der Waals surface area contributed by atoms with Gasteiger partial charge in [0.25, 0.3) is 10.0 Å². The van der Waals surface area contributed by atoms with Crippen LogP contribution in [0.4, 0.5) is 11.4 Å². The zero-order valence-corrected chi connectivity index (χ0v) is 24.2. The van der Waals surface area contributed by atoms with E-state index in [0.717, 1.165) is 15.7 Å². The molecule has 3 rings (SSSR count). The molecule has 206 valence electrons. The number of rotatable bonds is 11. The summed E-state index contributed by atoms with van der Waals surface area (Å²) in [6.07, 6.45) is 0. The number of aromatic amines is 1. The first-order valence-corrected chi connectivity index (χ1v) is 13.8. The number of carbonyl (C=O) groups excluding carboxylic acids is 1. The van der Waals surface area contributed by atoms with Crippen LogP contribution in [0.3, 0.4) is 0 Å². The molecule has 1 aromatic heterocycles. The van der Waals surface area contributed by atoms with Crippen LogP contribution in [0.25, 0.3) is 0 Å². The second-order valence-electron chi connectivity index (χ2n) is 8.89. The maximum absolute atomic E-state index is 14.1. The lowest BCUT2D eigenvalue weighted by atomic mass is 10.2. The zero-order valence-electron chi connectivity index (χ0n) is 22.6. The monoisotopic (exact) mass is 563 g/mol. The molecule has 0 radical (unpaired) electrons. The lowest BCUT2D eigenvalue weighted by Crippen LogP contribution is -2.44. The van der Waals surface area contributed by atoms with Crippen molar-refractivity contribution in [3.05, 3.63) is 58.9 Å². The number of benzene rings is 2. The predicted molar refractivity (Wildman–Crippen MR) is 149 cm³/mol. The van der Waals surface area contributed by atoms with Crippen molar-refractivity contribution in [1.82, 2.24) is 15.1 Å². The number of nitrogens with one attached hydrogen (secondary N) is 1. The third-order valence-corrected chi connectivity index (χ3v) is 8.29. The lowest BCUT2D eigenvalue weighted by Gasteiger charge is -2.31. The number of hydrogen-bond acceptors (Lipinski definition) is 7. The van der Waals surface area contributed by atoms with Crippen molar-refractivity contribution in [3.8, 4) is 11.5 Å². The summed E-state index contributed by atoms with van der Waals surface area (Å²) < 4.78 is 39.8. The van der Waals surface area contributed by atoms with E-state index < -0.39 is 22.5 Å². The van der Waals surface area contributed by atoms with Gasteiger partial charge in [-0.05, 0) is 57.2 Å². The molecule has 0 saturated carbocycles. The second-order valence-corrected chi connectivity index (χ2v) is 11.2. The first kappa shape index (κ1) is 29.1. The highest BCUT2D eigenvalue weighted by Crippen LogP contribution is 2.36. The highest BCUT2D eigenvalue weighted by atomic mass is 35.5. The number of likely N-dealkylation sites (N-methyl/N-ethyl adjacent to an activating group) is 1. The van der Waals surface area contributed by atoms with E-state index in [1.807, 2.05) is 45.8 Å². The lowest BCUT2D eigenvalue weighted by molar-refractivity contribution is -0.131.